The predicted octanol–water partition coefficient (Wildman–Crippen LogP) is 3.88. The Morgan fingerprint density at radius 1 is 1.11 bits per heavy atom. The lowest BCUT2D eigenvalue weighted by molar-refractivity contribution is 0.102. The van der Waals surface area contributed by atoms with Gasteiger partial charge in [-0.3, -0.25) is 9.48 Å². The number of carbonyl (C=O) groups excluding carboxylic acids is 1. The Morgan fingerprint density at radius 2 is 1.89 bits per heavy atom. The van der Waals surface area contributed by atoms with Crippen molar-refractivity contribution in [2.24, 2.45) is 7.05 Å². The summed E-state index contributed by atoms with van der Waals surface area (Å²) in [5, 5.41) is 7.44. The quantitative estimate of drug-likeness (QED) is 0.768. The van der Waals surface area contributed by atoms with Crippen molar-refractivity contribution in [2.75, 3.05) is 5.32 Å². The van der Waals surface area contributed by atoms with Crippen LogP contribution in [0, 0.1) is 13.8 Å². The standard InChI is InChI=1S/C21H25N5O/c1-14-18(15(2)25(3)24-14)23-21(27)19-17-12-8-5-9-13-26(17)20(22-19)16-10-6-4-7-11-16/h4,6-7,10-11H,5,8-9,12-13H2,1-3H3,(H,23,27). The highest BCUT2D eigenvalue weighted by Crippen LogP contribution is 2.28. The number of amides is 1. The number of hydrogen-bond donors (Lipinski definition) is 1. The fourth-order valence-electron chi connectivity index (χ4n) is 3.84. The van der Waals surface area contributed by atoms with Gasteiger partial charge in [0.1, 0.15) is 11.5 Å². The second-order valence-electron chi connectivity index (χ2n) is 7.18. The summed E-state index contributed by atoms with van der Waals surface area (Å²) < 4.78 is 4.02. The van der Waals surface area contributed by atoms with E-state index in [1.54, 1.807) is 4.68 Å². The van der Waals surface area contributed by atoms with E-state index < -0.39 is 0 Å². The molecule has 0 atom stereocenters. The van der Waals surface area contributed by atoms with E-state index in [4.69, 9.17) is 4.98 Å². The molecule has 6 nitrogen and oxygen atoms in total. The normalized spacial score (nSPS) is 13.9. The molecule has 0 fully saturated rings. The lowest BCUT2D eigenvalue weighted by Crippen LogP contribution is -2.16. The van der Waals surface area contributed by atoms with Crippen LogP contribution in [0.1, 0.15) is 46.8 Å². The van der Waals surface area contributed by atoms with Crippen LogP contribution in [0.4, 0.5) is 5.69 Å². The van der Waals surface area contributed by atoms with Crippen molar-refractivity contribution in [3.05, 3.63) is 53.1 Å². The largest absolute Gasteiger partial charge is 0.327 e. The minimum atomic E-state index is -0.151. The van der Waals surface area contributed by atoms with E-state index in [0.29, 0.717) is 5.69 Å². The molecule has 2 aromatic heterocycles. The summed E-state index contributed by atoms with van der Waals surface area (Å²) in [6.45, 7) is 4.77. The molecule has 0 spiro atoms. The summed E-state index contributed by atoms with van der Waals surface area (Å²) in [6, 6.07) is 10.1. The molecule has 0 bridgehead atoms. The topological polar surface area (TPSA) is 64.7 Å². The molecule has 0 radical (unpaired) electrons. The molecular weight excluding hydrogens is 338 g/mol. The second kappa shape index (κ2) is 7.02. The Bertz CT molecular complexity index is 984. The van der Waals surface area contributed by atoms with Crippen LogP contribution in [-0.2, 0) is 20.0 Å². The van der Waals surface area contributed by atoms with Gasteiger partial charge in [0.15, 0.2) is 0 Å². The van der Waals surface area contributed by atoms with Gasteiger partial charge in [-0.1, -0.05) is 36.8 Å². The summed E-state index contributed by atoms with van der Waals surface area (Å²) in [5.41, 5.74) is 5.17. The van der Waals surface area contributed by atoms with E-state index in [0.717, 1.165) is 60.0 Å². The first kappa shape index (κ1) is 17.5. The number of aryl methyl sites for hydroxylation is 2. The van der Waals surface area contributed by atoms with Crippen LogP contribution in [0.5, 0.6) is 0 Å². The van der Waals surface area contributed by atoms with Crippen LogP contribution < -0.4 is 5.32 Å². The van der Waals surface area contributed by atoms with Crippen molar-refractivity contribution in [1.82, 2.24) is 19.3 Å². The van der Waals surface area contributed by atoms with Crippen LogP contribution in [0.25, 0.3) is 11.4 Å². The number of hydrogen-bond acceptors (Lipinski definition) is 3. The predicted molar refractivity (Wildman–Crippen MR) is 106 cm³/mol. The number of anilines is 1. The van der Waals surface area contributed by atoms with Crippen LogP contribution in [0.15, 0.2) is 30.3 Å². The molecule has 0 unspecified atom stereocenters. The highest BCUT2D eigenvalue weighted by atomic mass is 16.2. The van der Waals surface area contributed by atoms with Gasteiger partial charge in [-0.05, 0) is 33.1 Å². The number of benzene rings is 1. The molecule has 3 aromatic rings. The van der Waals surface area contributed by atoms with Gasteiger partial charge in [0, 0.05) is 19.2 Å². The molecule has 1 amide bonds. The van der Waals surface area contributed by atoms with Crippen LogP contribution in [0.3, 0.4) is 0 Å². The van der Waals surface area contributed by atoms with Gasteiger partial charge in [0.25, 0.3) is 5.91 Å². The number of carbonyl (C=O) groups is 1. The molecule has 0 aliphatic carbocycles. The van der Waals surface area contributed by atoms with Crippen molar-refractivity contribution in [2.45, 2.75) is 46.1 Å². The fourth-order valence-corrected chi connectivity index (χ4v) is 3.84. The molecule has 6 heteroatoms. The first-order chi connectivity index (χ1) is 13.1. The minimum Gasteiger partial charge on any atom is -0.327 e. The van der Waals surface area contributed by atoms with E-state index in [2.05, 4.69) is 27.1 Å². The second-order valence-corrected chi connectivity index (χ2v) is 7.18. The molecule has 1 aliphatic heterocycles. The van der Waals surface area contributed by atoms with E-state index in [1.165, 1.54) is 6.42 Å². The van der Waals surface area contributed by atoms with Crippen molar-refractivity contribution >= 4 is 11.6 Å². The molecule has 27 heavy (non-hydrogen) atoms. The molecule has 1 aliphatic rings. The first-order valence-electron chi connectivity index (χ1n) is 9.52. The van der Waals surface area contributed by atoms with Crippen molar-refractivity contribution < 1.29 is 4.79 Å². The summed E-state index contributed by atoms with van der Waals surface area (Å²) in [7, 11) is 1.88. The van der Waals surface area contributed by atoms with Gasteiger partial charge < -0.3 is 9.88 Å². The van der Waals surface area contributed by atoms with Crippen molar-refractivity contribution in [1.29, 1.82) is 0 Å². The zero-order valence-corrected chi connectivity index (χ0v) is 16.1. The van der Waals surface area contributed by atoms with Gasteiger partial charge in [-0.2, -0.15) is 5.10 Å². The molecule has 4 rings (SSSR count). The van der Waals surface area contributed by atoms with E-state index in [-0.39, 0.29) is 5.91 Å². The monoisotopic (exact) mass is 363 g/mol. The number of rotatable bonds is 3. The highest BCUT2D eigenvalue weighted by Gasteiger charge is 2.25. The van der Waals surface area contributed by atoms with Gasteiger partial charge >= 0.3 is 0 Å². The molecule has 140 valence electrons. The number of aromatic nitrogens is 4. The Hall–Kier alpha value is -2.89. The number of nitrogens with zero attached hydrogens (tertiary/aromatic N) is 4. The third-order valence-electron chi connectivity index (χ3n) is 5.36. The highest BCUT2D eigenvalue weighted by molar-refractivity contribution is 6.04. The van der Waals surface area contributed by atoms with Gasteiger partial charge in [0.05, 0.1) is 22.8 Å². The molecule has 0 saturated carbocycles. The molecule has 1 N–H and O–H groups in total. The van der Waals surface area contributed by atoms with Gasteiger partial charge in [0.2, 0.25) is 0 Å². The van der Waals surface area contributed by atoms with Gasteiger partial charge in [-0.15, -0.1) is 0 Å². The van der Waals surface area contributed by atoms with E-state index in [9.17, 15) is 4.79 Å². The maximum absolute atomic E-state index is 13.1. The first-order valence-corrected chi connectivity index (χ1v) is 9.52. The Balaban J connectivity index is 1.76. The number of nitrogens with one attached hydrogen (secondary N) is 1. The number of imidazole rings is 1. The SMILES string of the molecule is Cc1nn(C)c(C)c1NC(=O)c1nc(-c2ccccc2)n2c1CCCCC2. The smallest absolute Gasteiger partial charge is 0.276 e. The molecular formula is C21H25N5O. The lowest BCUT2D eigenvalue weighted by atomic mass is 10.1. The summed E-state index contributed by atoms with van der Waals surface area (Å²) in [6.07, 6.45) is 4.27. The fraction of sp³-hybridized carbons (Fsp3) is 0.381. The van der Waals surface area contributed by atoms with Crippen LogP contribution in [-0.4, -0.2) is 25.2 Å². The average molecular weight is 363 g/mol. The molecule has 3 heterocycles. The molecule has 0 saturated heterocycles. The van der Waals surface area contributed by atoms with Crippen molar-refractivity contribution in [3.63, 3.8) is 0 Å². The van der Waals surface area contributed by atoms with Crippen molar-refractivity contribution in [3.8, 4) is 11.4 Å². The maximum atomic E-state index is 13.1. The van der Waals surface area contributed by atoms with Crippen LogP contribution in [0.2, 0.25) is 0 Å². The average Bonchev–Trinajstić information content (AvgIpc) is 3.02. The maximum Gasteiger partial charge on any atom is 0.276 e. The molecule has 1 aromatic carbocycles. The minimum absolute atomic E-state index is 0.151. The zero-order valence-electron chi connectivity index (χ0n) is 16.1. The third-order valence-corrected chi connectivity index (χ3v) is 5.36. The summed E-state index contributed by atoms with van der Waals surface area (Å²) in [4.78, 5) is 17.9. The third kappa shape index (κ3) is 3.16. The lowest BCUT2D eigenvalue weighted by Gasteiger charge is -2.09. The zero-order chi connectivity index (χ0) is 19.0. The Labute approximate surface area is 159 Å². The van der Waals surface area contributed by atoms with E-state index >= 15 is 0 Å². The summed E-state index contributed by atoms with van der Waals surface area (Å²) >= 11 is 0. The summed E-state index contributed by atoms with van der Waals surface area (Å²) in [5.74, 6) is 0.735. The Morgan fingerprint density at radius 3 is 2.59 bits per heavy atom. The van der Waals surface area contributed by atoms with Crippen LogP contribution >= 0.6 is 0 Å². The van der Waals surface area contributed by atoms with E-state index in [1.807, 2.05) is 39.1 Å². The number of fused-ring (bicyclic) bond motifs is 1. The Kier molecular flexibility index (Phi) is 4.56. The van der Waals surface area contributed by atoms with Gasteiger partial charge in [-0.25, -0.2) is 4.98 Å².